The number of alkyl halides is 2. The highest BCUT2D eigenvalue weighted by Crippen LogP contribution is 2.26. The molecule has 0 saturated heterocycles. The molecule has 0 nitrogen and oxygen atoms in total. The third kappa shape index (κ3) is 2.31. The molecular weight excluding hydrogens is 232 g/mol. The normalized spacial score (nSPS) is 17.5. The van der Waals surface area contributed by atoms with Gasteiger partial charge in [-0.15, -0.1) is 0 Å². The van der Waals surface area contributed by atoms with E-state index < -0.39 is 0 Å². The Balaban J connectivity index is 3.91. The van der Waals surface area contributed by atoms with E-state index in [-0.39, 0.29) is 4.32 Å². The fraction of sp³-hybridized carbons (Fsp3) is 0.667. The first-order valence-corrected chi connectivity index (χ1v) is 4.33. The van der Waals surface area contributed by atoms with Crippen molar-refractivity contribution in [1.82, 2.24) is 0 Å². The molecule has 0 aliphatic heterocycles. The van der Waals surface area contributed by atoms with Gasteiger partial charge in [0.1, 0.15) is 0 Å². The highest BCUT2D eigenvalue weighted by atomic mass is 79.9. The number of allylic oxidation sites excluding steroid dienone is 1. The van der Waals surface area contributed by atoms with Gasteiger partial charge >= 0.3 is 0 Å². The van der Waals surface area contributed by atoms with E-state index in [0.717, 1.165) is 10.9 Å². The van der Waals surface area contributed by atoms with E-state index in [2.05, 4.69) is 45.4 Å². The van der Waals surface area contributed by atoms with Gasteiger partial charge in [0.25, 0.3) is 0 Å². The Labute approximate surface area is 67.6 Å². The van der Waals surface area contributed by atoms with Crippen LogP contribution in [0.4, 0.5) is 0 Å². The highest BCUT2D eigenvalue weighted by Gasteiger charge is 2.18. The maximum Gasteiger partial charge on any atom is 0.0529 e. The van der Waals surface area contributed by atoms with Crippen molar-refractivity contribution < 1.29 is 0 Å². The average molecular weight is 242 g/mol. The molecule has 0 heterocycles. The van der Waals surface area contributed by atoms with Crippen LogP contribution >= 0.6 is 31.9 Å². The molecule has 0 bridgehead atoms. The van der Waals surface area contributed by atoms with Crippen LogP contribution in [0.3, 0.4) is 0 Å². The molecule has 0 fully saturated rings. The van der Waals surface area contributed by atoms with Gasteiger partial charge in [0, 0.05) is 5.33 Å². The van der Waals surface area contributed by atoms with Gasteiger partial charge in [-0.1, -0.05) is 44.0 Å². The van der Waals surface area contributed by atoms with Crippen LogP contribution in [-0.2, 0) is 0 Å². The lowest BCUT2D eigenvalue weighted by Crippen LogP contribution is -2.17. The second-order valence-corrected chi connectivity index (χ2v) is 4.42. The molecule has 0 saturated carbocycles. The van der Waals surface area contributed by atoms with Gasteiger partial charge in [-0.2, -0.15) is 0 Å². The Morgan fingerprint density at radius 2 is 2.12 bits per heavy atom. The Kier molecular flexibility index (Phi) is 3.28. The van der Waals surface area contributed by atoms with Gasteiger partial charge in [-0.25, -0.2) is 0 Å². The number of halogens is 2. The zero-order valence-electron chi connectivity index (χ0n) is 5.17. The van der Waals surface area contributed by atoms with Crippen LogP contribution in [0.15, 0.2) is 12.2 Å². The molecule has 0 rings (SSSR count). The number of hydrogen-bond acceptors (Lipinski definition) is 0. The summed E-state index contributed by atoms with van der Waals surface area (Å²) < 4.78 is 0.0764. The molecule has 2 heteroatoms. The van der Waals surface area contributed by atoms with Gasteiger partial charge in [-0.3, -0.25) is 0 Å². The van der Waals surface area contributed by atoms with Gasteiger partial charge in [0.2, 0.25) is 0 Å². The Hall–Kier alpha value is 0.700. The van der Waals surface area contributed by atoms with Crippen LogP contribution in [0.5, 0.6) is 0 Å². The van der Waals surface area contributed by atoms with E-state index in [0.29, 0.717) is 0 Å². The minimum absolute atomic E-state index is 0.0764. The van der Waals surface area contributed by atoms with E-state index in [4.69, 9.17) is 0 Å². The summed E-state index contributed by atoms with van der Waals surface area (Å²) in [5, 5.41) is 0.912. The van der Waals surface area contributed by atoms with E-state index in [9.17, 15) is 0 Å². The molecule has 0 aliphatic rings. The molecule has 0 radical (unpaired) electrons. The number of rotatable bonds is 2. The molecule has 0 aromatic rings. The third-order valence-electron chi connectivity index (χ3n) is 1.14. The lowest BCUT2D eigenvalue weighted by molar-refractivity contribution is 0.877. The largest absolute Gasteiger partial charge is 0.0987 e. The molecule has 1 atom stereocenters. The minimum atomic E-state index is 0.0764. The molecular formula is C6H10Br2. The topological polar surface area (TPSA) is 0 Å². The van der Waals surface area contributed by atoms with Crippen LogP contribution in [0.25, 0.3) is 0 Å². The molecule has 0 spiro atoms. The van der Waals surface area contributed by atoms with Crippen molar-refractivity contribution >= 4 is 31.9 Å². The summed E-state index contributed by atoms with van der Waals surface area (Å²) in [6, 6.07) is 0. The molecule has 0 unspecified atom stereocenters. The van der Waals surface area contributed by atoms with Crippen LogP contribution < -0.4 is 0 Å². The Bertz CT molecular complexity index is 94.7. The molecule has 48 valence electrons. The molecule has 0 N–H and O–H groups in total. The summed E-state index contributed by atoms with van der Waals surface area (Å²) in [4.78, 5) is 0. The lowest BCUT2D eigenvalue weighted by Gasteiger charge is -2.18. The SMILES string of the molecule is C=C(C)[C@](C)(Br)CBr. The average Bonchev–Trinajstić information content (AvgIpc) is 1.67. The molecule has 0 aromatic carbocycles. The predicted octanol–water partition coefficient (Wildman–Crippen LogP) is 3.11. The Morgan fingerprint density at radius 3 is 2.12 bits per heavy atom. The van der Waals surface area contributed by atoms with Crippen molar-refractivity contribution in [2.24, 2.45) is 0 Å². The molecule has 0 amide bonds. The second kappa shape index (κ2) is 3.02. The van der Waals surface area contributed by atoms with Gasteiger partial charge in [0.05, 0.1) is 4.32 Å². The van der Waals surface area contributed by atoms with Crippen LogP contribution in [0.2, 0.25) is 0 Å². The summed E-state index contributed by atoms with van der Waals surface area (Å²) in [5.74, 6) is 0. The van der Waals surface area contributed by atoms with Crippen LogP contribution in [0, 0.1) is 0 Å². The zero-order chi connectivity index (χ0) is 6.78. The van der Waals surface area contributed by atoms with Crippen molar-refractivity contribution in [2.45, 2.75) is 18.2 Å². The maximum atomic E-state index is 3.82. The van der Waals surface area contributed by atoms with Gasteiger partial charge in [-0.05, 0) is 13.8 Å². The predicted molar refractivity (Wildman–Crippen MR) is 45.9 cm³/mol. The molecule has 8 heavy (non-hydrogen) atoms. The van der Waals surface area contributed by atoms with Crippen molar-refractivity contribution in [3.05, 3.63) is 12.2 Å². The van der Waals surface area contributed by atoms with Crippen molar-refractivity contribution in [3.8, 4) is 0 Å². The minimum Gasteiger partial charge on any atom is -0.0987 e. The van der Waals surface area contributed by atoms with Crippen LogP contribution in [0.1, 0.15) is 13.8 Å². The van der Waals surface area contributed by atoms with Crippen LogP contribution in [-0.4, -0.2) is 9.65 Å². The Morgan fingerprint density at radius 1 is 1.75 bits per heavy atom. The van der Waals surface area contributed by atoms with Crippen molar-refractivity contribution in [2.75, 3.05) is 5.33 Å². The first-order valence-electron chi connectivity index (χ1n) is 2.41. The van der Waals surface area contributed by atoms with E-state index >= 15 is 0 Å². The quantitative estimate of drug-likeness (QED) is 0.515. The fourth-order valence-electron chi connectivity index (χ4n) is 0.114. The van der Waals surface area contributed by atoms with Gasteiger partial charge < -0.3 is 0 Å². The maximum absolute atomic E-state index is 3.82. The first kappa shape index (κ1) is 8.70. The summed E-state index contributed by atoms with van der Waals surface area (Å²) in [6.45, 7) is 7.92. The summed E-state index contributed by atoms with van der Waals surface area (Å²) in [7, 11) is 0. The summed E-state index contributed by atoms with van der Waals surface area (Å²) >= 11 is 6.86. The number of hydrogen-bond donors (Lipinski definition) is 0. The van der Waals surface area contributed by atoms with E-state index in [1.54, 1.807) is 0 Å². The molecule has 0 aliphatic carbocycles. The van der Waals surface area contributed by atoms with Crippen molar-refractivity contribution in [3.63, 3.8) is 0 Å². The summed E-state index contributed by atoms with van der Waals surface area (Å²) in [5.41, 5.74) is 1.15. The second-order valence-electron chi connectivity index (χ2n) is 2.11. The zero-order valence-corrected chi connectivity index (χ0v) is 8.34. The smallest absolute Gasteiger partial charge is 0.0529 e. The highest BCUT2D eigenvalue weighted by molar-refractivity contribution is 9.12. The third-order valence-corrected chi connectivity index (χ3v) is 3.97. The molecule has 0 aromatic heterocycles. The van der Waals surface area contributed by atoms with E-state index in [1.165, 1.54) is 0 Å². The monoisotopic (exact) mass is 240 g/mol. The van der Waals surface area contributed by atoms with Gasteiger partial charge in [0.15, 0.2) is 0 Å². The fourth-order valence-corrected chi connectivity index (χ4v) is 0.593. The first-order chi connectivity index (χ1) is 3.50. The lowest BCUT2D eigenvalue weighted by atomic mass is 10.1. The summed E-state index contributed by atoms with van der Waals surface area (Å²) in [6.07, 6.45) is 0. The van der Waals surface area contributed by atoms with E-state index in [1.807, 2.05) is 6.92 Å². The van der Waals surface area contributed by atoms with Crippen molar-refractivity contribution in [1.29, 1.82) is 0 Å². The standard InChI is InChI=1S/C6H10Br2/c1-5(2)6(3,8)4-7/h1,4H2,2-3H3/t6-/m1/s1.